The van der Waals surface area contributed by atoms with Crippen molar-refractivity contribution in [2.45, 2.75) is 6.04 Å². The Bertz CT molecular complexity index is 627. The van der Waals surface area contributed by atoms with Crippen molar-refractivity contribution < 1.29 is 19.9 Å². The number of hydrogen-bond acceptors (Lipinski definition) is 5. The Balaban J connectivity index is 2.09. The van der Waals surface area contributed by atoms with E-state index in [2.05, 4.69) is 5.32 Å². The van der Waals surface area contributed by atoms with E-state index in [1.165, 1.54) is 17.6 Å². The molecule has 1 atom stereocenters. The van der Waals surface area contributed by atoms with Crippen molar-refractivity contribution in [1.82, 2.24) is 10.8 Å². The molecule has 110 valence electrons. The number of benzene rings is 1. The number of carbonyl (C=O) groups is 2. The van der Waals surface area contributed by atoms with Crippen molar-refractivity contribution in [3.8, 4) is 0 Å². The molecule has 0 aliphatic heterocycles. The summed E-state index contributed by atoms with van der Waals surface area (Å²) in [6.07, 6.45) is 0. The molecule has 1 aromatic heterocycles. The third-order valence-electron chi connectivity index (χ3n) is 2.84. The Labute approximate surface area is 125 Å². The highest BCUT2D eigenvalue weighted by molar-refractivity contribution is 7.15. The maximum absolute atomic E-state index is 12.1. The lowest BCUT2D eigenvalue weighted by molar-refractivity contribution is 0.0711. The summed E-state index contributed by atoms with van der Waals surface area (Å²) in [6.45, 7) is -0.231. The lowest BCUT2D eigenvalue weighted by Gasteiger charge is -2.16. The van der Waals surface area contributed by atoms with E-state index in [1.807, 2.05) is 18.2 Å². The maximum Gasteiger partial charge on any atom is 0.284 e. The molecule has 0 spiro atoms. The second kappa shape index (κ2) is 6.98. The van der Waals surface area contributed by atoms with Crippen LogP contribution in [0.15, 0.2) is 42.5 Å². The zero-order valence-corrected chi connectivity index (χ0v) is 11.8. The fourth-order valence-electron chi connectivity index (χ4n) is 1.79. The summed E-state index contributed by atoms with van der Waals surface area (Å²) >= 11 is 0.956. The van der Waals surface area contributed by atoms with Crippen LogP contribution in [0.4, 0.5) is 0 Å². The second-order valence-electron chi connectivity index (χ2n) is 4.22. The van der Waals surface area contributed by atoms with Crippen LogP contribution in [-0.2, 0) is 0 Å². The highest BCUT2D eigenvalue weighted by atomic mass is 32.1. The molecule has 0 aliphatic rings. The van der Waals surface area contributed by atoms with Crippen LogP contribution in [-0.4, -0.2) is 28.7 Å². The number of hydrogen-bond donors (Lipinski definition) is 4. The Morgan fingerprint density at radius 2 is 1.67 bits per heavy atom. The Morgan fingerprint density at radius 3 is 2.24 bits per heavy atom. The molecule has 1 heterocycles. The van der Waals surface area contributed by atoms with Gasteiger partial charge in [0.15, 0.2) is 0 Å². The van der Waals surface area contributed by atoms with Crippen LogP contribution in [0.25, 0.3) is 0 Å². The molecule has 6 nitrogen and oxygen atoms in total. The predicted octanol–water partition coefficient (Wildman–Crippen LogP) is 1.33. The minimum Gasteiger partial charge on any atom is -0.394 e. The second-order valence-corrected chi connectivity index (χ2v) is 5.31. The van der Waals surface area contributed by atoms with Gasteiger partial charge in [0.1, 0.15) is 0 Å². The number of carbonyl (C=O) groups excluding carboxylic acids is 2. The molecule has 0 bridgehead atoms. The first kappa shape index (κ1) is 15.2. The van der Waals surface area contributed by atoms with Crippen LogP contribution < -0.4 is 10.8 Å². The number of hydroxylamine groups is 1. The van der Waals surface area contributed by atoms with Gasteiger partial charge in [-0.1, -0.05) is 30.3 Å². The van der Waals surface area contributed by atoms with Gasteiger partial charge in [-0.05, 0) is 17.7 Å². The van der Waals surface area contributed by atoms with Crippen LogP contribution in [0.5, 0.6) is 0 Å². The van der Waals surface area contributed by atoms with Gasteiger partial charge in [-0.3, -0.25) is 14.8 Å². The van der Waals surface area contributed by atoms with Crippen molar-refractivity contribution in [2.75, 3.05) is 6.61 Å². The van der Waals surface area contributed by atoms with Gasteiger partial charge in [0.25, 0.3) is 11.8 Å². The van der Waals surface area contributed by atoms with Crippen molar-refractivity contribution in [2.24, 2.45) is 0 Å². The van der Waals surface area contributed by atoms with Crippen LogP contribution in [0.3, 0.4) is 0 Å². The molecule has 0 fully saturated rings. The molecule has 0 aliphatic carbocycles. The molecule has 2 aromatic rings. The lowest BCUT2D eigenvalue weighted by atomic mass is 10.1. The van der Waals surface area contributed by atoms with E-state index in [-0.39, 0.29) is 17.4 Å². The topological polar surface area (TPSA) is 98.7 Å². The summed E-state index contributed by atoms with van der Waals surface area (Å²) in [6, 6.07) is 11.5. The molecule has 2 rings (SSSR count). The third-order valence-corrected chi connectivity index (χ3v) is 3.93. The van der Waals surface area contributed by atoms with Crippen LogP contribution >= 0.6 is 11.3 Å². The summed E-state index contributed by atoms with van der Waals surface area (Å²) in [5.74, 6) is -1.05. The fourth-order valence-corrected chi connectivity index (χ4v) is 2.59. The van der Waals surface area contributed by atoms with E-state index in [0.717, 1.165) is 16.9 Å². The fraction of sp³-hybridized carbons (Fsp3) is 0.143. The largest absolute Gasteiger partial charge is 0.394 e. The Hall–Kier alpha value is -2.22. The molecule has 0 saturated heterocycles. The van der Waals surface area contributed by atoms with Gasteiger partial charge < -0.3 is 10.4 Å². The van der Waals surface area contributed by atoms with E-state index in [4.69, 9.17) is 5.21 Å². The monoisotopic (exact) mass is 306 g/mol. The molecule has 7 heteroatoms. The van der Waals surface area contributed by atoms with E-state index < -0.39 is 11.9 Å². The quantitative estimate of drug-likeness (QED) is 0.495. The SMILES string of the molecule is O=C(NO)c1ccc(C(=O)NC(CO)c2ccccc2)s1. The van der Waals surface area contributed by atoms with Crippen LogP contribution in [0.2, 0.25) is 0 Å². The first-order valence-electron chi connectivity index (χ1n) is 6.16. The van der Waals surface area contributed by atoms with Crippen molar-refractivity contribution in [3.05, 3.63) is 57.8 Å². The number of thiophene rings is 1. The van der Waals surface area contributed by atoms with Gasteiger partial charge >= 0.3 is 0 Å². The Morgan fingerprint density at radius 1 is 1.05 bits per heavy atom. The third kappa shape index (κ3) is 3.66. The molecular weight excluding hydrogens is 292 g/mol. The van der Waals surface area contributed by atoms with Gasteiger partial charge in [-0.25, -0.2) is 5.48 Å². The zero-order chi connectivity index (χ0) is 15.2. The molecule has 0 radical (unpaired) electrons. The van der Waals surface area contributed by atoms with E-state index in [9.17, 15) is 14.7 Å². The molecule has 4 N–H and O–H groups in total. The summed E-state index contributed by atoms with van der Waals surface area (Å²) in [4.78, 5) is 23.9. The standard InChI is InChI=1S/C14H14N2O4S/c17-8-10(9-4-2-1-3-5-9)15-13(18)11-6-7-12(21-11)14(19)16-20/h1-7,10,17,20H,8H2,(H,15,18)(H,16,19). The van der Waals surface area contributed by atoms with Gasteiger partial charge in [0, 0.05) is 0 Å². The van der Waals surface area contributed by atoms with Crippen LogP contribution in [0.1, 0.15) is 30.9 Å². The Kier molecular flexibility index (Phi) is 5.04. The van der Waals surface area contributed by atoms with Gasteiger partial charge in [-0.15, -0.1) is 11.3 Å². The minimum atomic E-state index is -0.666. The molecule has 1 aromatic carbocycles. The molecule has 21 heavy (non-hydrogen) atoms. The van der Waals surface area contributed by atoms with E-state index in [1.54, 1.807) is 12.1 Å². The summed E-state index contributed by atoms with van der Waals surface area (Å²) < 4.78 is 0. The average Bonchev–Trinajstić information content (AvgIpc) is 3.02. The highest BCUT2D eigenvalue weighted by Gasteiger charge is 2.17. The normalized spacial score (nSPS) is 11.7. The summed E-state index contributed by atoms with van der Waals surface area (Å²) in [5, 5.41) is 20.6. The predicted molar refractivity (Wildman–Crippen MR) is 77.3 cm³/mol. The minimum absolute atomic E-state index is 0.225. The van der Waals surface area contributed by atoms with Gasteiger partial charge in [0.2, 0.25) is 0 Å². The van der Waals surface area contributed by atoms with E-state index in [0.29, 0.717) is 4.88 Å². The van der Waals surface area contributed by atoms with Crippen molar-refractivity contribution in [1.29, 1.82) is 0 Å². The lowest BCUT2D eigenvalue weighted by Crippen LogP contribution is -2.30. The van der Waals surface area contributed by atoms with Crippen molar-refractivity contribution >= 4 is 23.2 Å². The smallest absolute Gasteiger partial charge is 0.284 e. The molecular formula is C14H14N2O4S. The first-order chi connectivity index (χ1) is 10.2. The van der Waals surface area contributed by atoms with E-state index >= 15 is 0 Å². The summed E-state index contributed by atoms with van der Waals surface area (Å²) in [5.41, 5.74) is 2.30. The van der Waals surface area contributed by atoms with Crippen molar-refractivity contribution in [3.63, 3.8) is 0 Å². The number of aliphatic hydroxyl groups is 1. The molecule has 1 unspecified atom stereocenters. The number of amides is 2. The zero-order valence-electron chi connectivity index (χ0n) is 10.9. The van der Waals surface area contributed by atoms with Crippen LogP contribution in [0, 0.1) is 0 Å². The maximum atomic E-state index is 12.1. The van der Waals surface area contributed by atoms with Gasteiger partial charge in [-0.2, -0.15) is 0 Å². The van der Waals surface area contributed by atoms with Gasteiger partial charge in [0.05, 0.1) is 22.4 Å². The summed E-state index contributed by atoms with van der Waals surface area (Å²) in [7, 11) is 0. The molecule has 2 amide bonds. The first-order valence-corrected chi connectivity index (χ1v) is 6.98. The average molecular weight is 306 g/mol. The number of nitrogens with one attached hydrogen (secondary N) is 2. The molecule has 0 saturated carbocycles. The number of rotatable bonds is 5. The highest BCUT2D eigenvalue weighted by Crippen LogP contribution is 2.18. The number of aliphatic hydroxyl groups excluding tert-OH is 1.